The molecule has 0 aromatic heterocycles. The molecule has 6 nitrogen and oxygen atoms in total. The Morgan fingerprint density at radius 1 is 1.04 bits per heavy atom. The molecule has 2 amide bonds. The topological polar surface area (TPSA) is 78.7 Å². The van der Waals surface area contributed by atoms with Crippen LogP contribution in [-0.4, -0.2) is 48.3 Å². The minimum atomic E-state index is -0.673. The highest BCUT2D eigenvalue weighted by Crippen LogP contribution is 2.26. The highest BCUT2D eigenvalue weighted by atomic mass is 16.2. The van der Waals surface area contributed by atoms with Crippen LogP contribution in [0.3, 0.4) is 0 Å². The first kappa shape index (κ1) is 20.6. The van der Waals surface area contributed by atoms with E-state index in [-0.39, 0.29) is 18.4 Å². The van der Waals surface area contributed by atoms with Gasteiger partial charge in [0.05, 0.1) is 12.6 Å². The summed E-state index contributed by atoms with van der Waals surface area (Å²) in [5.74, 6) is -0.321. The molecule has 2 atom stereocenters. The fourth-order valence-corrected chi connectivity index (χ4v) is 2.98. The van der Waals surface area contributed by atoms with Gasteiger partial charge >= 0.3 is 0 Å². The van der Waals surface area contributed by atoms with Crippen molar-refractivity contribution in [1.82, 2.24) is 15.1 Å². The zero-order chi connectivity index (χ0) is 19.8. The monoisotopic (exact) mass is 368 g/mol. The summed E-state index contributed by atoms with van der Waals surface area (Å²) < 4.78 is 0. The van der Waals surface area contributed by atoms with Gasteiger partial charge in [-0.25, -0.2) is 0 Å². The number of likely N-dealkylation sites (N-methyl/N-ethyl adjacent to an activating group) is 2. The molecule has 2 aromatic rings. The van der Waals surface area contributed by atoms with Gasteiger partial charge in [-0.05, 0) is 25.1 Å². The zero-order valence-electron chi connectivity index (χ0n) is 16.1. The van der Waals surface area contributed by atoms with Crippen molar-refractivity contribution >= 4 is 11.8 Å². The second-order valence-corrected chi connectivity index (χ2v) is 6.56. The zero-order valence-corrected chi connectivity index (χ0v) is 16.1. The van der Waals surface area contributed by atoms with Crippen LogP contribution in [0.1, 0.15) is 24.2 Å². The van der Waals surface area contributed by atoms with Crippen LogP contribution in [0.15, 0.2) is 60.7 Å². The van der Waals surface area contributed by atoms with Crippen molar-refractivity contribution in [1.29, 1.82) is 0 Å². The number of nitrogens with one attached hydrogen (secondary N) is 1. The summed E-state index contributed by atoms with van der Waals surface area (Å²) in [7, 11) is 3.43. The molecule has 0 saturated carbocycles. The number of carbonyl (C=O) groups is 2. The lowest BCUT2D eigenvalue weighted by molar-refractivity contribution is -0.146. The molecule has 0 aliphatic rings. The summed E-state index contributed by atoms with van der Waals surface area (Å²) in [6.45, 7) is 2.21. The number of hydrogen-bond acceptors (Lipinski definition) is 4. The predicted molar refractivity (Wildman–Crippen MR) is 107 cm³/mol. The van der Waals surface area contributed by atoms with Crippen molar-refractivity contribution in [3.05, 3.63) is 71.8 Å². The van der Waals surface area contributed by atoms with Crippen molar-refractivity contribution in [2.45, 2.75) is 25.7 Å². The van der Waals surface area contributed by atoms with Crippen molar-refractivity contribution < 1.29 is 9.59 Å². The molecule has 1 unspecified atom stereocenters. The van der Waals surface area contributed by atoms with Gasteiger partial charge in [0.25, 0.3) is 0 Å². The molecule has 0 saturated heterocycles. The first-order chi connectivity index (χ1) is 13.0. The summed E-state index contributed by atoms with van der Waals surface area (Å²) in [5, 5.41) is 2.88. The average molecular weight is 368 g/mol. The van der Waals surface area contributed by atoms with Crippen molar-refractivity contribution in [2.75, 3.05) is 20.6 Å². The van der Waals surface area contributed by atoms with Gasteiger partial charge in [-0.1, -0.05) is 60.7 Å². The molecule has 0 aliphatic heterocycles. The number of nitrogens with zero attached hydrogens (tertiary/aromatic N) is 2. The predicted octanol–water partition coefficient (Wildman–Crippen LogP) is 1.74. The Morgan fingerprint density at radius 2 is 1.59 bits per heavy atom. The highest BCUT2D eigenvalue weighted by molar-refractivity contribution is 5.83. The van der Waals surface area contributed by atoms with Gasteiger partial charge in [0, 0.05) is 13.6 Å². The second-order valence-electron chi connectivity index (χ2n) is 6.56. The second kappa shape index (κ2) is 9.85. The van der Waals surface area contributed by atoms with E-state index in [0.717, 1.165) is 11.1 Å². The number of amides is 2. The lowest BCUT2D eigenvalue weighted by Crippen LogP contribution is -2.50. The van der Waals surface area contributed by atoms with Crippen LogP contribution in [0.5, 0.6) is 0 Å². The van der Waals surface area contributed by atoms with Crippen LogP contribution in [0.4, 0.5) is 0 Å². The normalized spacial score (nSPS) is 12.9. The fraction of sp³-hybridized carbons (Fsp3) is 0.333. The quantitative estimate of drug-likeness (QED) is 0.696. The largest absolute Gasteiger partial charge is 0.320 e. The minimum Gasteiger partial charge on any atom is -0.320 e. The maximum absolute atomic E-state index is 13.0. The SMILES string of the molecule is CNCC(=O)N(C)C(c1ccccc1)N(Cc1ccccc1)C(=O)[C@H](C)N. The van der Waals surface area contributed by atoms with Gasteiger partial charge in [-0.2, -0.15) is 0 Å². The van der Waals surface area contributed by atoms with Crippen LogP contribution in [0, 0.1) is 0 Å². The van der Waals surface area contributed by atoms with E-state index in [1.165, 1.54) is 0 Å². The molecular weight excluding hydrogens is 340 g/mol. The van der Waals surface area contributed by atoms with E-state index in [1.54, 1.807) is 30.8 Å². The number of nitrogens with two attached hydrogens (primary N) is 1. The maximum Gasteiger partial charge on any atom is 0.241 e. The number of benzene rings is 2. The van der Waals surface area contributed by atoms with E-state index in [1.807, 2.05) is 60.7 Å². The summed E-state index contributed by atoms with van der Waals surface area (Å²) in [4.78, 5) is 28.9. The maximum atomic E-state index is 13.0. The Hall–Kier alpha value is -2.70. The van der Waals surface area contributed by atoms with Crippen molar-refractivity contribution in [3.63, 3.8) is 0 Å². The fourth-order valence-electron chi connectivity index (χ4n) is 2.98. The van der Waals surface area contributed by atoms with Crippen LogP contribution >= 0.6 is 0 Å². The van der Waals surface area contributed by atoms with E-state index < -0.39 is 12.2 Å². The summed E-state index contributed by atoms with van der Waals surface area (Å²) in [6, 6.07) is 18.6. The van der Waals surface area contributed by atoms with E-state index in [4.69, 9.17) is 5.73 Å². The lowest BCUT2D eigenvalue weighted by atomic mass is 10.1. The van der Waals surface area contributed by atoms with Crippen molar-refractivity contribution in [2.24, 2.45) is 5.73 Å². The lowest BCUT2D eigenvalue weighted by Gasteiger charge is -2.39. The Labute approximate surface area is 161 Å². The van der Waals surface area contributed by atoms with Gasteiger partial charge in [-0.15, -0.1) is 0 Å². The van der Waals surface area contributed by atoms with Gasteiger partial charge < -0.3 is 20.9 Å². The molecule has 0 fully saturated rings. The third kappa shape index (κ3) is 5.39. The summed E-state index contributed by atoms with van der Waals surface area (Å²) in [5.41, 5.74) is 7.76. The molecular formula is C21H28N4O2. The number of hydrogen-bond donors (Lipinski definition) is 2. The number of carbonyl (C=O) groups excluding carboxylic acids is 2. The smallest absolute Gasteiger partial charge is 0.241 e. The van der Waals surface area contributed by atoms with Gasteiger partial charge in [0.15, 0.2) is 0 Å². The molecule has 0 spiro atoms. The minimum absolute atomic E-state index is 0.109. The first-order valence-electron chi connectivity index (χ1n) is 9.01. The van der Waals surface area contributed by atoms with Gasteiger partial charge in [0.1, 0.15) is 6.17 Å². The number of rotatable bonds is 8. The van der Waals surface area contributed by atoms with E-state index >= 15 is 0 Å². The van der Waals surface area contributed by atoms with Crippen molar-refractivity contribution in [3.8, 4) is 0 Å². The molecule has 0 heterocycles. The van der Waals surface area contributed by atoms with E-state index in [2.05, 4.69) is 5.32 Å². The molecule has 144 valence electrons. The molecule has 0 radical (unpaired) electrons. The average Bonchev–Trinajstić information content (AvgIpc) is 2.68. The van der Waals surface area contributed by atoms with Crippen LogP contribution < -0.4 is 11.1 Å². The molecule has 0 bridgehead atoms. The molecule has 6 heteroatoms. The Kier molecular flexibility index (Phi) is 7.52. The molecule has 2 rings (SSSR count). The van der Waals surface area contributed by atoms with Gasteiger partial charge in [-0.3, -0.25) is 9.59 Å². The third-order valence-electron chi connectivity index (χ3n) is 4.35. The van der Waals surface area contributed by atoms with Crippen LogP contribution in [-0.2, 0) is 16.1 Å². The van der Waals surface area contributed by atoms with Crippen LogP contribution in [0.25, 0.3) is 0 Å². The third-order valence-corrected chi connectivity index (χ3v) is 4.35. The first-order valence-corrected chi connectivity index (χ1v) is 9.01. The standard InChI is InChI=1S/C21H28N4O2/c1-16(22)21(27)25(15-17-10-6-4-7-11-17)20(18-12-8-5-9-13-18)24(3)19(26)14-23-2/h4-13,16,20,23H,14-15,22H2,1-3H3/t16-,20?/m0/s1. The van der Waals surface area contributed by atoms with Gasteiger partial charge in [0.2, 0.25) is 11.8 Å². The molecule has 3 N–H and O–H groups in total. The Bertz CT molecular complexity index is 734. The van der Waals surface area contributed by atoms with E-state index in [9.17, 15) is 9.59 Å². The summed E-state index contributed by atoms with van der Waals surface area (Å²) in [6.07, 6.45) is -0.550. The highest BCUT2D eigenvalue weighted by Gasteiger charge is 2.32. The van der Waals surface area contributed by atoms with Crippen LogP contribution in [0.2, 0.25) is 0 Å². The molecule has 27 heavy (non-hydrogen) atoms. The van der Waals surface area contributed by atoms with E-state index in [0.29, 0.717) is 6.54 Å². The Balaban J connectivity index is 2.48. The Morgan fingerprint density at radius 3 is 2.11 bits per heavy atom. The molecule has 0 aliphatic carbocycles. The molecule has 2 aromatic carbocycles. The summed E-state index contributed by atoms with van der Waals surface area (Å²) >= 11 is 0.